The molecule has 1 aromatic carbocycles. The van der Waals surface area contributed by atoms with Gasteiger partial charge in [-0.3, -0.25) is 4.98 Å². The predicted molar refractivity (Wildman–Crippen MR) is 105 cm³/mol. The minimum atomic E-state index is -0.429. The topological polar surface area (TPSA) is 77.2 Å². The van der Waals surface area contributed by atoms with E-state index >= 15 is 0 Å². The van der Waals surface area contributed by atoms with Crippen LogP contribution in [0, 0.1) is 5.82 Å². The lowest BCUT2D eigenvalue weighted by Crippen LogP contribution is -2.24. The van der Waals surface area contributed by atoms with Gasteiger partial charge in [-0.05, 0) is 51.2 Å². The Morgan fingerprint density at radius 2 is 1.85 bits per heavy atom. The maximum Gasteiger partial charge on any atom is 0.155 e. The van der Waals surface area contributed by atoms with Crippen molar-refractivity contribution in [1.29, 1.82) is 0 Å². The predicted octanol–water partition coefficient (Wildman–Crippen LogP) is 3.52. The average molecular weight is 369 g/mol. The SMILES string of the molecule is CN1CCCCC1.COc1ccc(-c2nnc(N)c3cnccc23)c(F)c1. The number of anilines is 1. The fourth-order valence-electron chi connectivity index (χ4n) is 3.08. The number of ether oxygens (including phenoxy) is 1. The van der Waals surface area contributed by atoms with Crippen molar-refractivity contribution >= 4 is 16.6 Å². The van der Waals surface area contributed by atoms with Gasteiger partial charge in [0.1, 0.15) is 17.3 Å². The first-order chi connectivity index (χ1) is 13.1. The molecule has 3 heterocycles. The van der Waals surface area contributed by atoms with E-state index in [1.807, 2.05) is 0 Å². The van der Waals surface area contributed by atoms with Crippen molar-refractivity contribution in [3.05, 3.63) is 42.5 Å². The van der Waals surface area contributed by atoms with Crippen molar-refractivity contribution in [2.24, 2.45) is 0 Å². The van der Waals surface area contributed by atoms with Gasteiger partial charge >= 0.3 is 0 Å². The van der Waals surface area contributed by atoms with Crippen molar-refractivity contribution in [1.82, 2.24) is 20.1 Å². The van der Waals surface area contributed by atoms with Gasteiger partial charge in [-0.25, -0.2) is 4.39 Å². The number of benzene rings is 1. The lowest BCUT2D eigenvalue weighted by molar-refractivity contribution is 0.277. The number of methoxy groups -OCH3 is 1. The third kappa shape index (κ3) is 4.49. The zero-order valence-corrected chi connectivity index (χ0v) is 15.7. The Labute approximate surface area is 158 Å². The van der Waals surface area contributed by atoms with Crippen LogP contribution in [0.1, 0.15) is 19.3 Å². The smallest absolute Gasteiger partial charge is 0.155 e. The van der Waals surface area contributed by atoms with E-state index in [1.54, 1.807) is 30.6 Å². The van der Waals surface area contributed by atoms with Gasteiger partial charge in [-0.1, -0.05) is 6.42 Å². The molecule has 0 saturated carbocycles. The summed E-state index contributed by atoms with van der Waals surface area (Å²) in [6.07, 6.45) is 7.47. The molecule has 0 unspecified atom stereocenters. The molecular formula is C20H24FN5O. The van der Waals surface area contributed by atoms with Crippen molar-refractivity contribution < 1.29 is 9.13 Å². The zero-order valence-electron chi connectivity index (χ0n) is 15.7. The molecule has 1 aliphatic rings. The van der Waals surface area contributed by atoms with Gasteiger partial charge in [0.2, 0.25) is 0 Å². The molecule has 0 amide bonds. The second-order valence-corrected chi connectivity index (χ2v) is 6.56. The number of rotatable bonds is 2. The number of nitrogens with zero attached hydrogens (tertiary/aromatic N) is 4. The van der Waals surface area contributed by atoms with Crippen LogP contribution in [0.5, 0.6) is 5.75 Å². The molecule has 2 aromatic heterocycles. The highest BCUT2D eigenvalue weighted by molar-refractivity contribution is 5.98. The summed E-state index contributed by atoms with van der Waals surface area (Å²) < 4.78 is 19.1. The first-order valence-electron chi connectivity index (χ1n) is 8.98. The number of fused-ring (bicyclic) bond motifs is 1. The van der Waals surface area contributed by atoms with E-state index < -0.39 is 5.82 Å². The van der Waals surface area contributed by atoms with Crippen molar-refractivity contribution in [3.8, 4) is 17.0 Å². The molecular weight excluding hydrogens is 345 g/mol. The summed E-state index contributed by atoms with van der Waals surface area (Å²) >= 11 is 0. The molecule has 1 saturated heterocycles. The zero-order chi connectivity index (χ0) is 19.2. The molecule has 0 aliphatic carbocycles. The monoisotopic (exact) mass is 369 g/mol. The van der Waals surface area contributed by atoms with Crippen molar-refractivity contribution in [3.63, 3.8) is 0 Å². The number of likely N-dealkylation sites (tertiary alicyclic amines) is 1. The summed E-state index contributed by atoms with van der Waals surface area (Å²) in [4.78, 5) is 6.39. The fourth-order valence-corrected chi connectivity index (χ4v) is 3.08. The van der Waals surface area contributed by atoms with Crippen LogP contribution < -0.4 is 10.5 Å². The maximum absolute atomic E-state index is 14.2. The van der Waals surface area contributed by atoms with E-state index in [9.17, 15) is 4.39 Å². The molecule has 0 bridgehead atoms. The standard InChI is InChI=1S/C14H11FN4O.C6H13N/c1-20-8-2-3-10(12(15)6-8)13-9-4-5-17-7-11(9)14(16)19-18-13;1-7-5-3-2-4-6-7/h2-7H,1H3,(H2,16,19);2-6H2,1H3. The maximum atomic E-state index is 14.2. The van der Waals surface area contributed by atoms with Crippen LogP contribution in [0.3, 0.4) is 0 Å². The molecule has 3 aromatic rings. The molecule has 27 heavy (non-hydrogen) atoms. The van der Waals surface area contributed by atoms with E-state index in [0.717, 1.165) is 0 Å². The number of nitrogens with two attached hydrogens (primary N) is 1. The molecule has 6 nitrogen and oxygen atoms in total. The number of nitrogen functional groups attached to an aromatic ring is 1. The molecule has 0 radical (unpaired) electrons. The number of aromatic nitrogens is 3. The number of hydrogen-bond acceptors (Lipinski definition) is 6. The molecule has 0 atom stereocenters. The summed E-state index contributed by atoms with van der Waals surface area (Å²) in [6.45, 7) is 2.64. The highest BCUT2D eigenvalue weighted by Gasteiger charge is 2.13. The first-order valence-corrected chi connectivity index (χ1v) is 8.98. The van der Waals surface area contributed by atoms with Crippen LogP contribution >= 0.6 is 0 Å². The number of pyridine rings is 1. The van der Waals surface area contributed by atoms with E-state index in [4.69, 9.17) is 10.5 Å². The summed E-state index contributed by atoms with van der Waals surface area (Å²) in [5.41, 5.74) is 6.53. The average Bonchev–Trinajstić information content (AvgIpc) is 2.70. The van der Waals surface area contributed by atoms with Crippen LogP contribution in [0.2, 0.25) is 0 Å². The lowest BCUT2D eigenvalue weighted by atomic mass is 10.1. The van der Waals surface area contributed by atoms with Gasteiger partial charge < -0.3 is 15.4 Å². The molecule has 4 rings (SSSR count). The minimum Gasteiger partial charge on any atom is -0.497 e. The second kappa shape index (κ2) is 8.73. The second-order valence-electron chi connectivity index (χ2n) is 6.56. The number of piperidine rings is 1. The van der Waals surface area contributed by atoms with Gasteiger partial charge in [-0.15, -0.1) is 10.2 Å². The van der Waals surface area contributed by atoms with Gasteiger partial charge in [0, 0.05) is 34.8 Å². The minimum absolute atomic E-state index is 0.269. The van der Waals surface area contributed by atoms with E-state index in [1.165, 1.54) is 45.5 Å². The summed E-state index contributed by atoms with van der Waals surface area (Å²) in [5.74, 6) is 0.285. The third-order valence-corrected chi connectivity index (χ3v) is 4.62. The Morgan fingerprint density at radius 1 is 1.07 bits per heavy atom. The first kappa shape index (κ1) is 19.0. The highest BCUT2D eigenvalue weighted by Crippen LogP contribution is 2.31. The Bertz CT molecular complexity index is 912. The molecule has 1 fully saturated rings. The number of hydrogen-bond donors (Lipinski definition) is 1. The molecule has 2 N–H and O–H groups in total. The van der Waals surface area contributed by atoms with Gasteiger partial charge in [0.05, 0.1) is 7.11 Å². The van der Waals surface area contributed by atoms with Crippen LogP contribution in [0.4, 0.5) is 10.2 Å². The quantitative estimate of drug-likeness (QED) is 0.745. The molecule has 1 aliphatic heterocycles. The fraction of sp³-hybridized carbons (Fsp3) is 0.350. The van der Waals surface area contributed by atoms with Gasteiger partial charge in [0.15, 0.2) is 5.82 Å². The molecule has 7 heteroatoms. The molecule has 0 spiro atoms. The van der Waals surface area contributed by atoms with Crippen LogP contribution in [0.25, 0.3) is 22.0 Å². The van der Waals surface area contributed by atoms with Crippen molar-refractivity contribution in [2.45, 2.75) is 19.3 Å². The van der Waals surface area contributed by atoms with E-state index in [2.05, 4.69) is 27.1 Å². The Kier molecular flexibility index (Phi) is 6.13. The summed E-state index contributed by atoms with van der Waals surface area (Å²) in [5, 5.41) is 9.22. The Morgan fingerprint density at radius 3 is 2.48 bits per heavy atom. The summed E-state index contributed by atoms with van der Waals surface area (Å²) in [7, 11) is 3.68. The van der Waals surface area contributed by atoms with Gasteiger partial charge in [0.25, 0.3) is 0 Å². The summed E-state index contributed by atoms with van der Waals surface area (Å²) in [6, 6.07) is 6.32. The van der Waals surface area contributed by atoms with Crippen LogP contribution in [0.15, 0.2) is 36.7 Å². The highest BCUT2D eigenvalue weighted by atomic mass is 19.1. The molecule has 142 valence electrons. The van der Waals surface area contributed by atoms with Crippen LogP contribution in [-0.2, 0) is 0 Å². The third-order valence-electron chi connectivity index (χ3n) is 4.62. The van der Waals surface area contributed by atoms with Gasteiger partial charge in [-0.2, -0.15) is 0 Å². The van der Waals surface area contributed by atoms with E-state index in [-0.39, 0.29) is 5.82 Å². The normalized spacial score (nSPS) is 14.5. The lowest BCUT2D eigenvalue weighted by Gasteiger charge is -2.20. The van der Waals surface area contributed by atoms with E-state index in [0.29, 0.717) is 27.8 Å². The van der Waals surface area contributed by atoms with Crippen LogP contribution in [-0.4, -0.2) is 47.3 Å². The Hall–Kier alpha value is -2.80. The largest absolute Gasteiger partial charge is 0.497 e. The van der Waals surface area contributed by atoms with Crippen molar-refractivity contribution in [2.75, 3.05) is 33.0 Å². The Balaban J connectivity index is 0.000000253. The number of halogens is 1.